The predicted molar refractivity (Wildman–Crippen MR) is 213 cm³/mol. The van der Waals surface area contributed by atoms with E-state index >= 15 is 0 Å². The Kier molecular flexibility index (Phi) is 17.2. The molecule has 1 aliphatic carbocycles. The number of hydrogen-bond acceptors (Lipinski definition) is 12. The molecular weight excluding hydrogens is 734 g/mol. The molecule has 3 fully saturated rings. The minimum absolute atomic E-state index is 0.00988. The molecule has 1 saturated carbocycles. The van der Waals surface area contributed by atoms with E-state index in [-0.39, 0.29) is 49.5 Å². The summed E-state index contributed by atoms with van der Waals surface area (Å²) in [5, 5.41) is 34.1. The Morgan fingerprint density at radius 2 is 1.60 bits per heavy atom. The number of ketones is 2. The van der Waals surface area contributed by atoms with Crippen LogP contribution in [0.4, 0.5) is 0 Å². The molecule has 13 heteroatoms. The molecular formula is C44H69NO12. The Bertz CT molecular complexity index is 1480. The maximum absolute atomic E-state index is 14.3. The van der Waals surface area contributed by atoms with Crippen molar-refractivity contribution in [1.29, 1.82) is 0 Å². The molecule has 0 aromatic heterocycles. The molecule has 4 aliphatic rings. The number of carbonyl (C=O) groups is 4. The number of ether oxygens (including phenoxy) is 5. The molecule has 1 amide bonds. The standard InChI is InChI=1S/C44H69NO12/c1-10-13-31-19-25(2)18-26(3)20-37(54-8)40-38(55-9)22-28(5)44(52,57-40)41(49)42(50)45-17-12-11-14-32(45)43(51)56-39(29(6)34(47)24-35(31)48)27(4)21-30-15-16-33(46)36(23-30)53-7/h10,19,21,26,28-34,36-40,46-47,52H,1,11-18,20,22-24H2,2-9H3/b25-19+,27-21+/t26-,28+,29?,30-,31?,32-,33?,34-,36+,37?,38-,39?,40?,44+/m0/s1. The largest absolute Gasteiger partial charge is 0.456 e. The van der Waals surface area contributed by atoms with Crippen LogP contribution in [0, 0.1) is 29.6 Å². The van der Waals surface area contributed by atoms with Crippen molar-refractivity contribution in [3.8, 4) is 0 Å². The van der Waals surface area contributed by atoms with Crippen LogP contribution in [0.15, 0.2) is 36.0 Å². The summed E-state index contributed by atoms with van der Waals surface area (Å²) in [5.41, 5.74) is 1.61. The molecule has 14 atom stereocenters. The number of allylic oxidation sites excluding steroid dienone is 4. The zero-order valence-corrected chi connectivity index (χ0v) is 35.4. The van der Waals surface area contributed by atoms with Crippen LogP contribution in [-0.2, 0) is 42.9 Å². The SMILES string of the molecule is C=CCC1/C=C(\C)C[C@H](C)CC(OC)C2O[C@@](O)(C(=O)C(=O)N3CCCC[C@H]3C(=O)OC(/C(C)=C/[C@@H]3CCC(O)[C@H](OC)C3)C(C)[C@@H](O)CC1=O)[C@H](C)C[C@@H]2OC. The maximum atomic E-state index is 14.3. The molecule has 0 aromatic carbocycles. The van der Waals surface area contributed by atoms with Crippen molar-refractivity contribution in [3.05, 3.63) is 36.0 Å². The highest BCUT2D eigenvalue weighted by Gasteiger charge is 2.56. The number of methoxy groups -OCH3 is 3. The van der Waals surface area contributed by atoms with Gasteiger partial charge in [0.2, 0.25) is 5.79 Å². The number of carbonyl (C=O) groups excluding carboxylic acids is 4. The number of piperidine rings is 1. The quantitative estimate of drug-likeness (QED) is 0.185. The summed E-state index contributed by atoms with van der Waals surface area (Å²) in [6.45, 7) is 13.1. The molecule has 0 spiro atoms. The molecule has 13 nitrogen and oxygen atoms in total. The summed E-state index contributed by atoms with van der Waals surface area (Å²) >= 11 is 0. The first-order valence-electron chi connectivity index (χ1n) is 20.9. The zero-order chi connectivity index (χ0) is 42.2. The average Bonchev–Trinajstić information content (AvgIpc) is 3.18. The highest BCUT2D eigenvalue weighted by atomic mass is 16.7. The third kappa shape index (κ3) is 11.3. The maximum Gasteiger partial charge on any atom is 0.329 e. The van der Waals surface area contributed by atoms with Gasteiger partial charge in [0.1, 0.15) is 24.0 Å². The first-order chi connectivity index (χ1) is 27.0. The van der Waals surface area contributed by atoms with Crippen LogP contribution < -0.4 is 0 Å². The van der Waals surface area contributed by atoms with Gasteiger partial charge in [-0.05, 0) is 95.5 Å². The Morgan fingerprint density at radius 3 is 2.25 bits per heavy atom. The number of aliphatic hydroxyl groups excluding tert-OH is 2. The van der Waals surface area contributed by atoms with Crippen molar-refractivity contribution in [1.82, 2.24) is 4.90 Å². The van der Waals surface area contributed by atoms with Gasteiger partial charge in [0.25, 0.3) is 11.7 Å². The van der Waals surface area contributed by atoms with Gasteiger partial charge in [-0.3, -0.25) is 14.4 Å². The van der Waals surface area contributed by atoms with Crippen LogP contribution in [0.2, 0.25) is 0 Å². The van der Waals surface area contributed by atoms with Gasteiger partial charge in [-0.15, -0.1) is 6.58 Å². The number of rotatable bonds is 7. The average molecular weight is 804 g/mol. The Balaban J connectivity index is 1.78. The second-order valence-electron chi connectivity index (χ2n) is 17.3. The number of fused-ring (bicyclic) bond motifs is 3. The third-order valence-corrected chi connectivity index (χ3v) is 12.9. The molecule has 2 bridgehead atoms. The Morgan fingerprint density at radius 1 is 0.930 bits per heavy atom. The second-order valence-corrected chi connectivity index (χ2v) is 17.3. The van der Waals surface area contributed by atoms with E-state index in [1.54, 1.807) is 27.0 Å². The van der Waals surface area contributed by atoms with E-state index in [9.17, 15) is 34.5 Å². The van der Waals surface area contributed by atoms with Crippen molar-refractivity contribution in [3.63, 3.8) is 0 Å². The molecule has 57 heavy (non-hydrogen) atoms. The summed E-state index contributed by atoms with van der Waals surface area (Å²) in [4.78, 5) is 57.8. The Hall–Kier alpha value is -2.78. The number of cyclic esters (lactones) is 1. The Labute approximate surface area is 339 Å². The lowest BCUT2D eigenvalue weighted by Crippen LogP contribution is -2.64. The van der Waals surface area contributed by atoms with Gasteiger partial charge >= 0.3 is 5.97 Å². The van der Waals surface area contributed by atoms with Crippen molar-refractivity contribution in [2.75, 3.05) is 27.9 Å². The third-order valence-electron chi connectivity index (χ3n) is 12.9. The topological polar surface area (TPSA) is 178 Å². The minimum Gasteiger partial charge on any atom is -0.456 e. The fourth-order valence-electron chi connectivity index (χ4n) is 9.42. The monoisotopic (exact) mass is 803 g/mol. The second kappa shape index (κ2) is 21.0. The van der Waals surface area contributed by atoms with Crippen LogP contribution in [-0.4, -0.2) is 126 Å². The van der Waals surface area contributed by atoms with Crippen molar-refractivity contribution in [2.45, 2.75) is 160 Å². The van der Waals surface area contributed by atoms with Crippen LogP contribution >= 0.6 is 0 Å². The summed E-state index contributed by atoms with van der Waals surface area (Å²) < 4.78 is 29.7. The van der Waals surface area contributed by atoms with E-state index in [0.29, 0.717) is 56.9 Å². The molecule has 2 saturated heterocycles. The molecule has 0 aromatic rings. The normalized spacial score (nSPS) is 41.0. The lowest BCUT2D eigenvalue weighted by molar-refractivity contribution is -0.302. The van der Waals surface area contributed by atoms with E-state index < -0.39 is 83.9 Å². The van der Waals surface area contributed by atoms with Crippen molar-refractivity contribution in [2.24, 2.45) is 29.6 Å². The van der Waals surface area contributed by atoms with Crippen LogP contribution in [0.3, 0.4) is 0 Å². The van der Waals surface area contributed by atoms with E-state index in [1.165, 1.54) is 19.1 Å². The number of nitrogens with zero attached hydrogens (tertiary/aromatic N) is 1. The van der Waals surface area contributed by atoms with Crippen LogP contribution in [0.5, 0.6) is 0 Å². The first-order valence-corrected chi connectivity index (χ1v) is 20.9. The van der Waals surface area contributed by atoms with Gasteiger partial charge in [-0.1, -0.05) is 44.6 Å². The molecule has 4 rings (SSSR count). The molecule has 0 radical (unpaired) electrons. The van der Waals surface area contributed by atoms with Crippen molar-refractivity contribution < 1.29 is 58.2 Å². The van der Waals surface area contributed by atoms with Crippen LogP contribution in [0.1, 0.15) is 105 Å². The minimum atomic E-state index is -2.51. The smallest absolute Gasteiger partial charge is 0.329 e. The number of aliphatic hydroxyl groups is 3. The summed E-state index contributed by atoms with van der Waals surface area (Å²) in [6, 6.07) is -1.14. The van der Waals surface area contributed by atoms with E-state index in [2.05, 4.69) is 6.58 Å². The van der Waals surface area contributed by atoms with Crippen LogP contribution in [0.25, 0.3) is 0 Å². The number of Topliss-reactive ketones (excluding diaryl/α,β-unsaturated/α-hetero) is 2. The zero-order valence-electron chi connectivity index (χ0n) is 35.4. The van der Waals surface area contributed by atoms with Gasteiger partial charge < -0.3 is 43.9 Å². The van der Waals surface area contributed by atoms with Gasteiger partial charge in [0, 0.05) is 52.0 Å². The number of amides is 1. The van der Waals surface area contributed by atoms with E-state index in [0.717, 1.165) is 5.57 Å². The summed E-state index contributed by atoms with van der Waals surface area (Å²) in [5.74, 6) is -7.76. The van der Waals surface area contributed by atoms with Crippen molar-refractivity contribution >= 4 is 23.4 Å². The molecule has 3 heterocycles. The highest BCUT2D eigenvalue weighted by Crippen LogP contribution is 2.39. The fraction of sp³-hybridized carbons (Fsp3) is 0.773. The highest BCUT2D eigenvalue weighted by molar-refractivity contribution is 6.39. The lowest BCUT2D eigenvalue weighted by Gasteiger charge is -2.47. The molecule has 3 N–H and O–H groups in total. The van der Waals surface area contributed by atoms with Gasteiger partial charge in [0.15, 0.2) is 0 Å². The van der Waals surface area contributed by atoms with Gasteiger partial charge in [-0.2, -0.15) is 0 Å². The molecule has 6 unspecified atom stereocenters. The first kappa shape index (κ1) is 46.9. The van der Waals surface area contributed by atoms with E-state index in [1.807, 2.05) is 32.9 Å². The number of hydrogen-bond donors (Lipinski definition) is 3. The number of esters is 1. The van der Waals surface area contributed by atoms with E-state index in [4.69, 9.17) is 23.7 Å². The summed E-state index contributed by atoms with van der Waals surface area (Å²) in [6.07, 6.45) is 4.93. The fourth-order valence-corrected chi connectivity index (χ4v) is 9.42. The molecule has 322 valence electrons. The predicted octanol–water partition coefficient (Wildman–Crippen LogP) is 4.64. The van der Waals surface area contributed by atoms with Gasteiger partial charge in [0.05, 0.1) is 30.5 Å². The summed E-state index contributed by atoms with van der Waals surface area (Å²) in [7, 11) is 4.61. The van der Waals surface area contributed by atoms with Gasteiger partial charge in [-0.25, -0.2) is 4.79 Å². The molecule has 3 aliphatic heterocycles. The lowest BCUT2D eigenvalue weighted by atomic mass is 9.81.